The normalized spacial score (nSPS) is 12.7. The van der Waals surface area contributed by atoms with Gasteiger partial charge >= 0.3 is 12.4 Å². The van der Waals surface area contributed by atoms with Crippen LogP contribution in [0.1, 0.15) is 66.2 Å². The van der Waals surface area contributed by atoms with Crippen LogP contribution in [0.3, 0.4) is 0 Å². The van der Waals surface area contributed by atoms with Crippen molar-refractivity contribution < 1.29 is 26.3 Å². The molecule has 4 N–H and O–H groups in total. The average Bonchev–Trinajstić information content (AvgIpc) is 2.61. The number of hydrogen-bond donors (Lipinski definition) is 4. The van der Waals surface area contributed by atoms with Crippen LogP contribution >= 0.6 is 67.9 Å². The van der Waals surface area contributed by atoms with Gasteiger partial charge in [-0.2, -0.15) is 26.3 Å². The van der Waals surface area contributed by atoms with E-state index in [1.807, 2.05) is 0 Å². The second-order valence-corrected chi connectivity index (χ2v) is 7.64. The summed E-state index contributed by atoms with van der Waals surface area (Å²) in [5, 5.41) is 11.4. The molecule has 0 aromatic carbocycles. The third kappa shape index (κ3) is 40.5. The summed E-state index contributed by atoms with van der Waals surface area (Å²) in [7, 11) is 0. The Morgan fingerprint density at radius 2 is 0.824 bits per heavy atom. The predicted molar refractivity (Wildman–Crippen MR) is 153 cm³/mol. The molecule has 0 radical (unpaired) electrons. The van der Waals surface area contributed by atoms with Crippen molar-refractivity contribution in [2.45, 2.75) is 90.7 Å². The van der Waals surface area contributed by atoms with Crippen LogP contribution in [-0.2, 0) is 0 Å². The largest absolute Gasteiger partial charge is 0.401 e. The van der Waals surface area contributed by atoms with Crippen molar-refractivity contribution >= 4 is 67.9 Å². The Morgan fingerprint density at radius 1 is 0.529 bits per heavy atom. The summed E-state index contributed by atoms with van der Waals surface area (Å²) in [5.74, 6) is 0. The Labute approximate surface area is 244 Å². The molecule has 0 fully saturated rings. The van der Waals surface area contributed by atoms with Gasteiger partial charge < -0.3 is 21.3 Å². The summed E-state index contributed by atoms with van der Waals surface area (Å²) in [5.41, 5.74) is 0. The lowest BCUT2D eigenvalue weighted by molar-refractivity contribution is -0.126. The molecule has 2 atom stereocenters. The van der Waals surface area contributed by atoms with Crippen LogP contribution in [0.25, 0.3) is 0 Å². The first-order chi connectivity index (χ1) is 13.5. The molecular weight excluding hydrogens is 730 g/mol. The molecule has 0 spiro atoms. The summed E-state index contributed by atoms with van der Waals surface area (Å²) in [6, 6.07) is -0.333. The maximum atomic E-state index is 12.1. The molecule has 0 aliphatic rings. The molecule has 0 bridgehead atoms. The van der Waals surface area contributed by atoms with Gasteiger partial charge in [-0.15, -0.1) is 67.9 Å². The number of rotatable bonds is 18. The Hall–Kier alpha value is 1.34. The van der Waals surface area contributed by atoms with Crippen molar-refractivity contribution in [1.82, 2.24) is 21.3 Å². The lowest BCUT2D eigenvalue weighted by atomic mass is 10.1. The van der Waals surface area contributed by atoms with Gasteiger partial charge in [-0.05, 0) is 65.7 Å². The van der Waals surface area contributed by atoms with Gasteiger partial charge in [0.1, 0.15) is 0 Å². The van der Waals surface area contributed by atoms with Crippen molar-refractivity contribution in [3.63, 3.8) is 0 Å². The molecule has 0 aromatic rings. The fourth-order valence-corrected chi connectivity index (χ4v) is 2.70. The lowest BCUT2D eigenvalue weighted by Crippen LogP contribution is -2.37. The van der Waals surface area contributed by atoms with Crippen LogP contribution in [0.5, 0.6) is 0 Å². The van der Waals surface area contributed by atoms with Gasteiger partial charge in [-0.1, -0.05) is 26.7 Å². The van der Waals surface area contributed by atoms with Gasteiger partial charge in [-0.3, -0.25) is 0 Å². The van der Waals surface area contributed by atoms with Crippen LogP contribution < -0.4 is 21.3 Å². The fourth-order valence-electron chi connectivity index (χ4n) is 2.70. The van der Waals surface area contributed by atoms with Crippen LogP contribution in [0.2, 0.25) is 0 Å². The molecule has 0 rings (SSSR count). The van der Waals surface area contributed by atoms with Gasteiger partial charge in [0, 0.05) is 12.1 Å². The molecule has 0 saturated heterocycles. The highest BCUT2D eigenvalue weighted by molar-refractivity contribution is 8.93. The maximum Gasteiger partial charge on any atom is 0.401 e. The van der Waals surface area contributed by atoms with E-state index >= 15 is 0 Å². The molecule has 34 heavy (non-hydrogen) atoms. The molecule has 14 heteroatoms. The number of nitrogens with one attached hydrogen (secondary N) is 4. The summed E-state index contributed by atoms with van der Waals surface area (Å²) >= 11 is 0. The first kappa shape index (κ1) is 48.4. The van der Waals surface area contributed by atoms with E-state index in [9.17, 15) is 26.3 Å². The SMILES string of the molecule is Br.Br.Br.Br.C.CC(CCNCCCCCCCNCCC(C)NCC(F)(F)F)NCC(F)(F)F. The maximum absolute atomic E-state index is 12.1. The predicted octanol–water partition coefficient (Wildman–Crippen LogP) is 6.92. The van der Waals surface area contributed by atoms with E-state index in [1.165, 1.54) is 0 Å². The number of alkyl halides is 6. The highest BCUT2D eigenvalue weighted by Crippen LogP contribution is 2.13. The average molecular weight is 776 g/mol. The summed E-state index contributed by atoms with van der Waals surface area (Å²) < 4.78 is 72.4. The van der Waals surface area contributed by atoms with E-state index in [1.54, 1.807) is 13.8 Å². The minimum absolute atomic E-state index is 0. The molecule has 4 nitrogen and oxygen atoms in total. The van der Waals surface area contributed by atoms with Crippen LogP contribution in [0, 0.1) is 0 Å². The van der Waals surface area contributed by atoms with E-state index in [2.05, 4.69) is 21.3 Å². The van der Waals surface area contributed by atoms with Crippen LogP contribution in [0.4, 0.5) is 26.3 Å². The van der Waals surface area contributed by atoms with E-state index in [0.29, 0.717) is 25.9 Å². The zero-order chi connectivity index (χ0) is 22.2. The molecule has 2 unspecified atom stereocenters. The van der Waals surface area contributed by atoms with Crippen molar-refractivity contribution in [3.8, 4) is 0 Å². The van der Waals surface area contributed by atoms with Crippen LogP contribution in [0.15, 0.2) is 0 Å². The first-order valence-electron chi connectivity index (χ1n) is 10.5. The van der Waals surface area contributed by atoms with Crippen molar-refractivity contribution in [1.29, 1.82) is 0 Å². The molecule has 0 aliphatic carbocycles. The van der Waals surface area contributed by atoms with Gasteiger partial charge in [0.05, 0.1) is 13.1 Å². The third-order valence-electron chi connectivity index (χ3n) is 4.52. The second kappa shape index (κ2) is 28.9. The van der Waals surface area contributed by atoms with Gasteiger partial charge in [-0.25, -0.2) is 0 Å². The minimum atomic E-state index is -4.16. The zero-order valence-electron chi connectivity index (χ0n) is 19.2. The lowest BCUT2D eigenvalue weighted by Gasteiger charge is -2.15. The highest BCUT2D eigenvalue weighted by Gasteiger charge is 2.27. The van der Waals surface area contributed by atoms with Crippen molar-refractivity contribution in [2.24, 2.45) is 0 Å². The van der Waals surface area contributed by atoms with E-state index in [-0.39, 0.29) is 87.4 Å². The summed E-state index contributed by atoms with van der Waals surface area (Å²) in [6.07, 6.45) is -1.59. The number of halogens is 10. The first-order valence-corrected chi connectivity index (χ1v) is 10.5. The standard InChI is InChI=1S/C19H38F6N4.CH4.4BrH/c1-16(28-14-18(20,21)22)8-12-26-10-6-4-3-5-7-11-27-13-9-17(2)29-15-19(23,24)25;;;;;/h16-17,26-29H,3-15H2,1-2H3;1H4;4*1H. The molecule has 0 heterocycles. The Morgan fingerprint density at radius 3 is 1.12 bits per heavy atom. The quantitative estimate of drug-likeness (QED) is 0.0903. The van der Waals surface area contributed by atoms with Crippen molar-refractivity contribution in [3.05, 3.63) is 0 Å². The van der Waals surface area contributed by atoms with Crippen molar-refractivity contribution in [2.75, 3.05) is 39.3 Å². The monoisotopic (exact) mass is 772 g/mol. The Kier molecular flexibility index (Phi) is 41.2. The summed E-state index contributed by atoms with van der Waals surface area (Å²) in [4.78, 5) is 0. The molecule has 0 amide bonds. The second-order valence-electron chi connectivity index (χ2n) is 7.64. The van der Waals surface area contributed by atoms with Gasteiger partial charge in [0.25, 0.3) is 0 Å². The van der Waals surface area contributed by atoms with Gasteiger partial charge in [0.15, 0.2) is 0 Å². The summed E-state index contributed by atoms with van der Waals surface area (Å²) in [6.45, 7) is 4.74. The smallest absolute Gasteiger partial charge is 0.317 e. The molecule has 0 aliphatic heterocycles. The Balaban J connectivity index is -0.000000392. The third-order valence-corrected chi connectivity index (χ3v) is 4.52. The number of hydrogen-bond acceptors (Lipinski definition) is 4. The van der Waals surface area contributed by atoms with Crippen LogP contribution in [-0.4, -0.2) is 63.7 Å². The molecular formula is C20H46Br4F6N4. The van der Waals surface area contributed by atoms with Gasteiger partial charge in [0.2, 0.25) is 0 Å². The minimum Gasteiger partial charge on any atom is -0.317 e. The van der Waals surface area contributed by atoms with E-state index in [4.69, 9.17) is 0 Å². The highest BCUT2D eigenvalue weighted by atomic mass is 79.9. The topological polar surface area (TPSA) is 48.1 Å². The number of unbranched alkanes of at least 4 members (excludes halogenated alkanes) is 4. The molecule has 0 saturated carbocycles. The fraction of sp³-hybridized carbons (Fsp3) is 1.00. The zero-order valence-corrected chi connectivity index (χ0v) is 26.1. The van der Waals surface area contributed by atoms with E-state index < -0.39 is 25.4 Å². The molecule has 0 aromatic heterocycles. The Bertz CT molecular complexity index is 361. The van der Waals surface area contributed by atoms with E-state index in [0.717, 1.165) is 45.2 Å². The molecule has 216 valence electrons.